The molecule has 0 bridgehead atoms. The Kier molecular flexibility index (Phi) is 18.2. The van der Waals surface area contributed by atoms with E-state index in [1.165, 1.54) is 25.7 Å². The van der Waals surface area contributed by atoms with Crippen molar-refractivity contribution in [3.8, 4) is 0 Å². The first-order valence-corrected chi connectivity index (χ1v) is 11.6. The van der Waals surface area contributed by atoms with Gasteiger partial charge in [-0.25, -0.2) is 9.59 Å². The third kappa shape index (κ3) is 19.4. The minimum absolute atomic E-state index is 0.185. The molecular formula is C20H38O7S. The molecule has 2 N–H and O–H groups in total. The Morgan fingerprint density at radius 3 is 1.64 bits per heavy atom. The molecule has 0 aliphatic rings. The van der Waals surface area contributed by atoms with Crippen molar-refractivity contribution in [2.24, 2.45) is 0 Å². The minimum Gasteiger partial charge on any atom is -0.478 e. The molecule has 0 aliphatic carbocycles. The largest absolute Gasteiger partial charge is 0.478 e. The topological polar surface area (TPSA) is 118 Å². The molecule has 0 aromatic heterocycles. The normalized spacial score (nSPS) is 13.6. The second kappa shape index (κ2) is 17.7. The lowest BCUT2D eigenvalue weighted by Gasteiger charge is -2.17. The van der Waals surface area contributed by atoms with Gasteiger partial charge in [-0.1, -0.05) is 65.2 Å². The summed E-state index contributed by atoms with van der Waals surface area (Å²) in [7, 11) is -3.39. The van der Waals surface area contributed by atoms with Crippen molar-refractivity contribution in [3.63, 3.8) is 0 Å². The molecule has 0 radical (unpaired) electrons. The highest BCUT2D eigenvalue weighted by atomic mass is 32.2. The van der Waals surface area contributed by atoms with Crippen LogP contribution in [-0.2, 0) is 23.9 Å². The molecule has 0 fully saturated rings. The summed E-state index contributed by atoms with van der Waals surface area (Å²) in [4.78, 5) is 19.1. The predicted octanol–water partition coefficient (Wildman–Crippen LogP) is 4.76. The molecule has 0 saturated heterocycles. The lowest BCUT2D eigenvalue weighted by atomic mass is 10.1. The Balaban J connectivity index is 0. The molecule has 7 nitrogen and oxygen atoms in total. The van der Waals surface area contributed by atoms with E-state index in [1.54, 1.807) is 6.92 Å². The van der Waals surface area contributed by atoms with Crippen molar-refractivity contribution in [3.05, 3.63) is 12.2 Å². The highest BCUT2D eigenvalue weighted by molar-refractivity contribution is 7.87. The van der Waals surface area contributed by atoms with Crippen LogP contribution in [0.5, 0.6) is 0 Å². The fourth-order valence-corrected chi connectivity index (χ4v) is 3.58. The van der Waals surface area contributed by atoms with Crippen molar-refractivity contribution in [1.82, 2.24) is 0 Å². The van der Waals surface area contributed by atoms with Crippen LogP contribution >= 0.6 is 0 Å². The first kappa shape index (κ1) is 28.8. The van der Waals surface area contributed by atoms with E-state index in [2.05, 4.69) is 13.8 Å². The number of hydrogen-bond acceptors (Lipinski definition) is 5. The summed E-state index contributed by atoms with van der Waals surface area (Å²) in [5.74, 6) is -2.51. The monoisotopic (exact) mass is 422 g/mol. The summed E-state index contributed by atoms with van der Waals surface area (Å²) < 4.78 is 29.5. The van der Waals surface area contributed by atoms with Gasteiger partial charge in [0.05, 0.1) is 11.4 Å². The van der Waals surface area contributed by atoms with Crippen LogP contribution in [0.1, 0.15) is 91.9 Å². The highest BCUT2D eigenvalue weighted by Gasteiger charge is 2.23. The number of carbonyl (C=O) groups is 2. The van der Waals surface area contributed by atoms with Gasteiger partial charge in [-0.05, 0) is 26.7 Å². The summed E-state index contributed by atoms with van der Waals surface area (Å²) >= 11 is 0. The molecule has 0 amide bonds. The molecule has 166 valence electrons. The summed E-state index contributed by atoms with van der Waals surface area (Å²) in [6.45, 7) is 7.96. The Hall–Kier alpha value is -1.41. The van der Waals surface area contributed by atoms with E-state index in [1.807, 2.05) is 6.92 Å². The maximum absolute atomic E-state index is 12.1. The zero-order chi connectivity index (χ0) is 22.0. The summed E-state index contributed by atoms with van der Waals surface area (Å²) in [5, 5.41) is 15.2. The van der Waals surface area contributed by atoms with Crippen LogP contribution in [0, 0.1) is 0 Å². The van der Waals surface area contributed by atoms with Crippen molar-refractivity contribution >= 4 is 22.1 Å². The standard InChI is InChI=1S/C16H34O3S.C4H4O4/c1-5-7-9-11-13-15(3)19-20(17,18)16(4)14-12-10-8-6-2;5-3(6)1-2-4(7)8/h15-16H,5-14H2,1-4H3;1-2H,(H,5,6)(H,7,8)/b;2-1-. The van der Waals surface area contributed by atoms with Gasteiger partial charge in [-0.2, -0.15) is 8.42 Å². The Labute approximate surface area is 170 Å². The van der Waals surface area contributed by atoms with Gasteiger partial charge >= 0.3 is 11.9 Å². The molecule has 0 saturated carbocycles. The second-order valence-electron chi connectivity index (χ2n) is 6.92. The molecule has 8 heteroatoms. The average molecular weight is 423 g/mol. The van der Waals surface area contributed by atoms with E-state index in [-0.39, 0.29) is 11.4 Å². The Bertz CT molecular complexity index is 525. The van der Waals surface area contributed by atoms with E-state index in [0.29, 0.717) is 18.6 Å². The van der Waals surface area contributed by atoms with Gasteiger partial charge in [-0.3, -0.25) is 4.18 Å². The second-order valence-corrected chi connectivity index (χ2v) is 8.90. The van der Waals surface area contributed by atoms with Gasteiger partial charge < -0.3 is 10.2 Å². The number of carboxylic acids is 2. The molecule has 28 heavy (non-hydrogen) atoms. The third-order valence-corrected chi connectivity index (χ3v) is 5.91. The molecule has 2 unspecified atom stereocenters. The predicted molar refractivity (Wildman–Crippen MR) is 111 cm³/mol. The minimum atomic E-state index is -3.39. The van der Waals surface area contributed by atoms with E-state index in [4.69, 9.17) is 14.4 Å². The molecule has 0 aliphatic heterocycles. The summed E-state index contributed by atoms with van der Waals surface area (Å²) in [5.41, 5.74) is 0. The SMILES string of the molecule is CCCCCCC(C)OS(=O)(=O)C(C)CCCCCC.O=C(O)/C=C\C(=O)O. The van der Waals surface area contributed by atoms with Crippen molar-refractivity contribution in [1.29, 1.82) is 0 Å². The average Bonchev–Trinajstić information content (AvgIpc) is 2.60. The summed E-state index contributed by atoms with van der Waals surface area (Å²) in [6.07, 6.45) is 11.5. The highest BCUT2D eigenvalue weighted by Crippen LogP contribution is 2.17. The molecule has 0 aromatic rings. The van der Waals surface area contributed by atoms with Crippen LogP contribution in [0.15, 0.2) is 12.2 Å². The maximum Gasteiger partial charge on any atom is 0.328 e. The number of carboxylic acid groups (broad SMARTS) is 2. The van der Waals surface area contributed by atoms with Gasteiger partial charge in [0.1, 0.15) is 0 Å². The molecule has 0 aromatic carbocycles. The van der Waals surface area contributed by atoms with Gasteiger partial charge in [0, 0.05) is 12.2 Å². The van der Waals surface area contributed by atoms with Crippen molar-refractivity contribution in [2.75, 3.05) is 0 Å². The molecule has 0 heterocycles. The van der Waals surface area contributed by atoms with Crippen LogP contribution in [0.25, 0.3) is 0 Å². The zero-order valence-electron chi connectivity index (χ0n) is 17.7. The lowest BCUT2D eigenvalue weighted by Crippen LogP contribution is -2.24. The molecular weight excluding hydrogens is 384 g/mol. The molecule has 0 spiro atoms. The third-order valence-electron chi connectivity index (χ3n) is 4.09. The zero-order valence-corrected chi connectivity index (χ0v) is 18.5. The fourth-order valence-electron chi connectivity index (χ4n) is 2.38. The fraction of sp³-hybridized carbons (Fsp3) is 0.800. The van der Waals surface area contributed by atoms with Gasteiger partial charge in [-0.15, -0.1) is 0 Å². The van der Waals surface area contributed by atoms with E-state index in [0.717, 1.165) is 32.1 Å². The number of hydrogen-bond donors (Lipinski definition) is 2. The van der Waals surface area contributed by atoms with E-state index >= 15 is 0 Å². The van der Waals surface area contributed by atoms with Crippen LogP contribution < -0.4 is 0 Å². The number of aliphatic carboxylic acids is 2. The van der Waals surface area contributed by atoms with Crippen LogP contribution in [0.3, 0.4) is 0 Å². The van der Waals surface area contributed by atoms with Gasteiger partial charge in [0.2, 0.25) is 0 Å². The van der Waals surface area contributed by atoms with Crippen molar-refractivity contribution in [2.45, 2.75) is 103 Å². The summed E-state index contributed by atoms with van der Waals surface area (Å²) in [6, 6.07) is 0. The van der Waals surface area contributed by atoms with Gasteiger partial charge in [0.25, 0.3) is 10.1 Å². The number of unbranched alkanes of at least 4 members (excludes halogenated alkanes) is 6. The first-order chi connectivity index (χ1) is 13.1. The Morgan fingerprint density at radius 2 is 1.25 bits per heavy atom. The van der Waals surface area contributed by atoms with Crippen LogP contribution in [0.4, 0.5) is 0 Å². The Morgan fingerprint density at radius 1 is 0.821 bits per heavy atom. The maximum atomic E-state index is 12.1. The first-order valence-electron chi connectivity index (χ1n) is 10.1. The van der Waals surface area contributed by atoms with Crippen molar-refractivity contribution < 1.29 is 32.4 Å². The quantitative estimate of drug-likeness (QED) is 0.222. The smallest absolute Gasteiger partial charge is 0.328 e. The van der Waals surface area contributed by atoms with Crippen LogP contribution in [0.2, 0.25) is 0 Å². The van der Waals surface area contributed by atoms with Gasteiger partial charge in [0.15, 0.2) is 0 Å². The molecule has 0 rings (SSSR count). The number of rotatable bonds is 15. The van der Waals surface area contributed by atoms with E-state index in [9.17, 15) is 18.0 Å². The molecule has 2 atom stereocenters. The van der Waals surface area contributed by atoms with Crippen LogP contribution in [-0.4, -0.2) is 41.9 Å². The van der Waals surface area contributed by atoms with E-state index < -0.39 is 22.1 Å². The lowest BCUT2D eigenvalue weighted by molar-refractivity contribution is -0.134.